The number of nitrogens with two attached hydrogens (primary N) is 1. The number of carbonyl (C=O) groups is 1. The lowest BCUT2D eigenvalue weighted by Crippen LogP contribution is -2.27. The van der Waals surface area contributed by atoms with Gasteiger partial charge in [-0.3, -0.25) is 10.1 Å². The first-order valence-corrected chi connectivity index (χ1v) is 9.89. The first-order chi connectivity index (χ1) is 10.8. The third kappa shape index (κ3) is 4.13. The van der Waals surface area contributed by atoms with Crippen LogP contribution in [0.4, 0.5) is 5.13 Å². The number of rotatable bonds is 3. The number of aryl methyl sites for hydroxylation is 1. The molecule has 0 fully saturated rings. The van der Waals surface area contributed by atoms with Crippen LogP contribution in [0, 0.1) is 0 Å². The minimum Gasteiger partial charge on any atom is -0.327 e. The number of hydrogen-bond acceptors (Lipinski definition) is 6. The second-order valence-electron chi connectivity index (χ2n) is 5.65. The van der Waals surface area contributed by atoms with E-state index in [2.05, 4.69) is 10.3 Å². The van der Waals surface area contributed by atoms with Crippen molar-refractivity contribution in [1.29, 1.82) is 0 Å². The lowest BCUT2D eigenvalue weighted by Gasteiger charge is -2.15. The van der Waals surface area contributed by atoms with Crippen LogP contribution >= 0.6 is 23.7 Å². The van der Waals surface area contributed by atoms with Crippen molar-refractivity contribution in [2.24, 2.45) is 5.73 Å². The molecule has 3 N–H and O–H groups in total. The predicted molar refractivity (Wildman–Crippen MR) is 96.9 cm³/mol. The number of fused-ring (bicyclic) bond motifs is 1. The van der Waals surface area contributed by atoms with Crippen LogP contribution < -0.4 is 11.1 Å². The summed E-state index contributed by atoms with van der Waals surface area (Å²) in [5.74, 6) is -0.370. The molecule has 1 aliphatic rings. The molecule has 0 spiro atoms. The van der Waals surface area contributed by atoms with Gasteiger partial charge in [-0.05, 0) is 37.5 Å². The van der Waals surface area contributed by atoms with Crippen LogP contribution in [0.15, 0.2) is 29.2 Å². The van der Waals surface area contributed by atoms with Crippen molar-refractivity contribution in [2.75, 3.05) is 11.6 Å². The van der Waals surface area contributed by atoms with Gasteiger partial charge in [0.05, 0.1) is 10.6 Å². The van der Waals surface area contributed by atoms with Crippen LogP contribution in [0.3, 0.4) is 0 Å². The highest BCUT2D eigenvalue weighted by atomic mass is 35.5. The Morgan fingerprint density at radius 2 is 2.17 bits per heavy atom. The Labute approximate surface area is 150 Å². The SMILES string of the molecule is CS(=O)(=O)c1cccc(C(=O)Nc2nc3c(s2)C[C@@H](N)CC3)c1.Cl. The average Bonchev–Trinajstić information content (AvgIpc) is 2.87. The summed E-state index contributed by atoms with van der Waals surface area (Å²) in [6.07, 6.45) is 3.63. The van der Waals surface area contributed by atoms with Gasteiger partial charge in [-0.15, -0.1) is 23.7 Å². The Kier molecular flexibility index (Phi) is 5.64. The molecule has 1 aromatic heterocycles. The highest BCUT2D eigenvalue weighted by Gasteiger charge is 2.21. The number of nitrogens with one attached hydrogen (secondary N) is 1. The lowest BCUT2D eigenvalue weighted by molar-refractivity contribution is 0.102. The summed E-state index contributed by atoms with van der Waals surface area (Å²) in [5.41, 5.74) is 7.23. The molecule has 1 atom stereocenters. The molecule has 6 nitrogen and oxygen atoms in total. The summed E-state index contributed by atoms with van der Waals surface area (Å²) < 4.78 is 23.2. The second kappa shape index (κ2) is 7.18. The van der Waals surface area contributed by atoms with Crippen molar-refractivity contribution >= 4 is 44.6 Å². The molecule has 130 valence electrons. The number of halogens is 1. The van der Waals surface area contributed by atoms with E-state index in [0.717, 1.165) is 36.1 Å². The summed E-state index contributed by atoms with van der Waals surface area (Å²) in [6, 6.07) is 6.12. The molecule has 1 heterocycles. The van der Waals surface area contributed by atoms with Gasteiger partial charge >= 0.3 is 0 Å². The number of amides is 1. The van der Waals surface area contributed by atoms with E-state index < -0.39 is 9.84 Å². The summed E-state index contributed by atoms with van der Waals surface area (Å²) in [4.78, 5) is 18.0. The molecule has 0 unspecified atom stereocenters. The fraction of sp³-hybridized carbons (Fsp3) is 0.333. The summed E-state index contributed by atoms with van der Waals surface area (Å²) in [6.45, 7) is 0. The maximum absolute atomic E-state index is 12.3. The molecule has 0 bridgehead atoms. The molecular formula is C15H18ClN3O3S2. The van der Waals surface area contributed by atoms with Gasteiger partial charge in [-0.25, -0.2) is 13.4 Å². The van der Waals surface area contributed by atoms with Crippen molar-refractivity contribution in [3.05, 3.63) is 40.4 Å². The second-order valence-corrected chi connectivity index (χ2v) is 8.75. The molecule has 24 heavy (non-hydrogen) atoms. The van der Waals surface area contributed by atoms with E-state index in [1.165, 1.54) is 23.5 Å². The Morgan fingerprint density at radius 3 is 2.88 bits per heavy atom. The van der Waals surface area contributed by atoms with E-state index in [0.29, 0.717) is 5.13 Å². The fourth-order valence-corrected chi connectivity index (χ4v) is 4.25. The number of hydrogen-bond donors (Lipinski definition) is 2. The molecule has 2 aromatic rings. The Bertz CT molecular complexity index is 865. The largest absolute Gasteiger partial charge is 0.327 e. The van der Waals surface area contributed by atoms with E-state index in [1.54, 1.807) is 12.1 Å². The molecule has 1 aliphatic carbocycles. The molecule has 9 heteroatoms. The maximum Gasteiger partial charge on any atom is 0.257 e. The first kappa shape index (κ1) is 18.9. The number of nitrogens with zero attached hydrogens (tertiary/aromatic N) is 1. The van der Waals surface area contributed by atoms with Gasteiger partial charge in [0.2, 0.25) is 0 Å². The highest BCUT2D eigenvalue weighted by molar-refractivity contribution is 7.90. The molecule has 0 saturated heterocycles. The average molecular weight is 388 g/mol. The summed E-state index contributed by atoms with van der Waals surface area (Å²) >= 11 is 1.43. The Hall–Kier alpha value is -1.48. The Balaban J connectivity index is 0.00000208. The van der Waals surface area contributed by atoms with E-state index in [4.69, 9.17) is 5.73 Å². The first-order valence-electron chi connectivity index (χ1n) is 7.18. The minimum absolute atomic E-state index is 0. The van der Waals surface area contributed by atoms with E-state index >= 15 is 0 Å². The number of anilines is 1. The van der Waals surface area contributed by atoms with Crippen molar-refractivity contribution < 1.29 is 13.2 Å². The highest BCUT2D eigenvalue weighted by Crippen LogP contribution is 2.29. The zero-order valence-corrected chi connectivity index (χ0v) is 15.4. The number of benzene rings is 1. The zero-order valence-electron chi connectivity index (χ0n) is 13.0. The number of carbonyl (C=O) groups excluding carboxylic acids is 1. The third-order valence-electron chi connectivity index (χ3n) is 3.72. The van der Waals surface area contributed by atoms with E-state index in [1.807, 2.05) is 0 Å². The van der Waals surface area contributed by atoms with Crippen LogP contribution in [-0.4, -0.2) is 31.6 Å². The number of thiazole rings is 1. The van der Waals surface area contributed by atoms with Crippen molar-refractivity contribution in [2.45, 2.75) is 30.2 Å². The lowest BCUT2D eigenvalue weighted by atomic mass is 9.99. The predicted octanol–water partition coefficient (Wildman–Crippen LogP) is 2.04. The van der Waals surface area contributed by atoms with Gasteiger partial charge in [0.15, 0.2) is 15.0 Å². The van der Waals surface area contributed by atoms with Crippen LogP contribution in [0.25, 0.3) is 0 Å². The van der Waals surface area contributed by atoms with Gasteiger partial charge in [-0.2, -0.15) is 0 Å². The zero-order chi connectivity index (χ0) is 16.6. The fourth-order valence-electron chi connectivity index (χ4n) is 2.49. The molecule has 3 rings (SSSR count). The van der Waals surface area contributed by atoms with Crippen LogP contribution in [0.2, 0.25) is 0 Å². The van der Waals surface area contributed by atoms with Crippen LogP contribution in [0.1, 0.15) is 27.3 Å². The van der Waals surface area contributed by atoms with Gasteiger partial charge in [0.1, 0.15) is 0 Å². The van der Waals surface area contributed by atoms with Gasteiger partial charge in [0, 0.05) is 22.7 Å². The molecule has 0 aliphatic heterocycles. The smallest absolute Gasteiger partial charge is 0.257 e. The van der Waals surface area contributed by atoms with E-state index in [-0.39, 0.29) is 34.8 Å². The third-order valence-corrected chi connectivity index (χ3v) is 5.87. The number of sulfone groups is 1. The molecule has 1 aromatic carbocycles. The minimum atomic E-state index is -3.35. The monoisotopic (exact) mass is 387 g/mol. The standard InChI is InChI=1S/C15H17N3O3S2.ClH/c1-23(20,21)11-4-2-3-9(7-11)14(19)18-15-17-12-6-5-10(16)8-13(12)22-15;/h2-4,7,10H,5-6,8,16H2,1H3,(H,17,18,19);1H/t10-;/m0./s1. The topological polar surface area (TPSA) is 102 Å². The van der Waals surface area contributed by atoms with Crippen molar-refractivity contribution in [1.82, 2.24) is 4.98 Å². The Morgan fingerprint density at radius 1 is 1.42 bits per heavy atom. The molecule has 0 saturated carbocycles. The summed E-state index contributed by atoms with van der Waals surface area (Å²) in [5, 5.41) is 3.27. The van der Waals surface area contributed by atoms with Gasteiger partial charge < -0.3 is 5.73 Å². The van der Waals surface area contributed by atoms with Crippen molar-refractivity contribution in [3.63, 3.8) is 0 Å². The molecule has 0 radical (unpaired) electrons. The van der Waals surface area contributed by atoms with Crippen molar-refractivity contribution in [3.8, 4) is 0 Å². The van der Waals surface area contributed by atoms with Gasteiger partial charge in [0.25, 0.3) is 5.91 Å². The normalized spacial score (nSPS) is 16.8. The molecular weight excluding hydrogens is 370 g/mol. The molecule has 1 amide bonds. The number of aromatic nitrogens is 1. The van der Waals surface area contributed by atoms with Gasteiger partial charge in [-0.1, -0.05) is 6.07 Å². The quantitative estimate of drug-likeness (QED) is 0.838. The summed E-state index contributed by atoms with van der Waals surface area (Å²) in [7, 11) is -3.35. The van der Waals surface area contributed by atoms with E-state index in [9.17, 15) is 13.2 Å². The van der Waals surface area contributed by atoms with Crippen LogP contribution in [0.5, 0.6) is 0 Å². The van der Waals surface area contributed by atoms with Crippen LogP contribution in [-0.2, 0) is 22.7 Å². The maximum atomic E-state index is 12.3.